The van der Waals surface area contributed by atoms with Crippen molar-refractivity contribution in [2.24, 2.45) is 0 Å². The van der Waals surface area contributed by atoms with Gasteiger partial charge < -0.3 is 5.11 Å². The van der Waals surface area contributed by atoms with Gasteiger partial charge in [-0.1, -0.05) is 43.3 Å². The first-order valence-corrected chi connectivity index (χ1v) is 6.81. The average Bonchev–Trinajstić information content (AvgIpc) is 2.55. The van der Waals surface area contributed by atoms with Gasteiger partial charge in [-0.3, -0.25) is 9.59 Å². The average molecular weight is 283 g/mol. The number of hydrogen-bond acceptors (Lipinski definition) is 4. The minimum absolute atomic E-state index is 0.0812. The van der Waals surface area contributed by atoms with Crippen LogP contribution in [0.2, 0.25) is 0 Å². The molecule has 4 nitrogen and oxygen atoms in total. The third-order valence-electron chi connectivity index (χ3n) is 3.32. The fourth-order valence-corrected chi connectivity index (χ4v) is 2.11. The summed E-state index contributed by atoms with van der Waals surface area (Å²) < 4.78 is 0. The summed E-state index contributed by atoms with van der Waals surface area (Å²) in [6, 6.07) is 14.5. The summed E-state index contributed by atoms with van der Waals surface area (Å²) in [5.74, 6) is -0.516. The van der Waals surface area contributed by atoms with E-state index >= 15 is 0 Å². The van der Waals surface area contributed by atoms with Gasteiger partial charge in [0.1, 0.15) is 18.0 Å². The summed E-state index contributed by atoms with van der Waals surface area (Å²) in [6.07, 6.45) is 0.327. The highest BCUT2D eigenvalue weighted by Crippen LogP contribution is 2.20. The Morgan fingerprint density at radius 1 is 1.00 bits per heavy atom. The second-order valence-electron chi connectivity index (χ2n) is 4.93. The number of ketones is 2. The molecule has 0 saturated heterocycles. The van der Waals surface area contributed by atoms with Crippen LogP contribution in [-0.4, -0.2) is 28.3 Å². The SMILES string of the molecule is C[C@@H](CC(=O)c1cccc(C(=O)CO)n1)c1ccccc1. The number of aliphatic hydroxyl groups excluding tert-OH is 1. The van der Waals surface area contributed by atoms with Crippen molar-refractivity contribution < 1.29 is 14.7 Å². The smallest absolute Gasteiger partial charge is 0.206 e. The lowest BCUT2D eigenvalue weighted by Gasteiger charge is -2.10. The first kappa shape index (κ1) is 15.1. The topological polar surface area (TPSA) is 67.3 Å². The van der Waals surface area contributed by atoms with Gasteiger partial charge in [0.2, 0.25) is 5.78 Å². The molecule has 1 N–H and O–H groups in total. The summed E-state index contributed by atoms with van der Waals surface area (Å²) >= 11 is 0. The van der Waals surface area contributed by atoms with Crippen molar-refractivity contribution in [2.45, 2.75) is 19.3 Å². The van der Waals surface area contributed by atoms with Crippen LogP contribution in [0.4, 0.5) is 0 Å². The molecule has 4 heteroatoms. The van der Waals surface area contributed by atoms with Crippen molar-refractivity contribution >= 4 is 11.6 Å². The van der Waals surface area contributed by atoms with Crippen molar-refractivity contribution in [3.8, 4) is 0 Å². The standard InChI is InChI=1S/C17H17NO3/c1-12(13-6-3-2-4-7-13)10-16(20)14-8-5-9-15(18-14)17(21)11-19/h2-9,12,19H,10-11H2,1H3/t12-/m0/s1. The quantitative estimate of drug-likeness (QED) is 0.828. The molecule has 21 heavy (non-hydrogen) atoms. The number of carbonyl (C=O) groups excluding carboxylic acids is 2. The molecule has 1 aromatic heterocycles. The van der Waals surface area contributed by atoms with E-state index in [1.54, 1.807) is 12.1 Å². The lowest BCUT2D eigenvalue weighted by molar-refractivity contribution is 0.0898. The number of rotatable bonds is 6. The van der Waals surface area contributed by atoms with Gasteiger partial charge in [0, 0.05) is 6.42 Å². The molecule has 0 radical (unpaired) electrons. The zero-order chi connectivity index (χ0) is 15.2. The first-order valence-electron chi connectivity index (χ1n) is 6.81. The minimum Gasteiger partial charge on any atom is -0.388 e. The predicted molar refractivity (Wildman–Crippen MR) is 79.5 cm³/mol. The lowest BCUT2D eigenvalue weighted by atomic mass is 9.94. The van der Waals surface area contributed by atoms with Gasteiger partial charge >= 0.3 is 0 Å². The Balaban J connectivity index is 2.12. The van der Waals surface area contributed by atoms with E-state index in [9.17, 15) is 9.59 Å². The Hall–Kier alpha value is -2.33. The van der Waals surface area contributed by atoms with Gasteiger partial charge in [-0.15, -0.1) is 0 Å². The zero-order valence-corrected chi connectivity index (χ0v) is 11.8. The molecule has 1 aromatic carbocycles. The van der Waals surface area contributed by atoms with Crippen LogP contribution in [-0.2, 0) is 0 Å². The maximum absolute atomic E-state index is 12.3. The van der Waals surface area contributed by atoms with Crippen molar-refractivity contribution in [2.75, 3.05) is 6.61 Å². The first-order chi connectivity index (χ1) is 10.1. The van der Waals surface area contributed by atoms with Gasteiger partial charge in [0.15, 0.2) is 5.78 Å². The number of benzene rings is 1. The van der Waals surface area contributed by atoms with Crippen molar-refractivity contribution in [1.82, 2.24) is 4.98 Å². The van der Waals surface area contributed by atoms with Crippen LogP contribution in [0, 0.1) is 0 Å². The van der Waals surface area contributed by atoms with Crippen LogP contribution in [0.3, 0.4) is 0 Å². The molecule has 0 saturated carbocycles. The molecule has 2 aromatic rings. The molecule has 0 fully saturated rings. The number of hydrogen-bond donors (Lipinski definition) is 1. The molecule has 0 aliphatic rings. The van der Waals surface area contributed by atoms with Crippen molar-refractivity contribution in [1.29, 1.82) is 0 Å². The van der Waals surface area contributed by atoms with E-state index in [1.165, 1.54) is 6.07 Å². The molecule has 1 atom stereocenters. The molecule has 2 rings (SSSR count). The number of pyridine rings is 1. The van der Waals surface area contributed by atoms with Gasteiger partial charge in [-0.05, 0) is 23.6 Å². The molecule has 0 amide bonds. The van der Waals surface area contributed by atoms with E-state index in [-0.39, 0.29) is 23.1 Å². The van der Waals surface area contributed by atoms with E-state index in [1.807, 2.05) is 37.3 Å². The third-order valence-corrected chi connectivity index (χ3v) is 3.32. The van der Waals surface area contributed by atoms with Gasteiger partial charge in [-0.25, -0.2) is 4.98 Å². The van der Waals surface area contributed by atoms with Crippen LogP contribution in [0.25, 0.3) is 0 Å². The summed E-state index contributed by atoms with van der Waals surface area (Å²) in [5.41, 5.74) is 1.47. The highest BCUT2D eigenvalue weighted by Gasteiger charge is 2.15. The van der Waals surface area contributed by atoms with Gasteiger partial charge in [0.05, 0.1) is 0 Å². The number of Topliss-reactive ketones (excluding diaryl/α,β-unsaturated/α-hetero) is 2. The highest BCUT2D eigenvalue weighted by molar-refractivity contribution is 5.98. The summed E-state index contributed by atoms with van der Waals surface area (Å²) in [6.45, 7) is 1.38. The molecule has 0 spiro atoms. The van der Waals surface area contributed by atoms with Crippen LogP contribution >= 0.6 is 0 Å². The normalized spacial score (nSPS) is 11.9. The lowest BCUT2D eigenvalue weighted by Crippen LogP contribution is -2.12. The number of carbonyl (C=O) groups is 2. The Morgan fingerprint density at radius 3 is 2.24 bits per heavy atom. The van der Waals surface area contributed by atoms with Crippen LogP contribution in [0.1, 0.15) is 45.8 Å². The molecule has 108 valence electrons. The minimum atomic E-state index is -0.606. The molecule has 0 unspecified atom stereocenters. The fraction of sp³-hybridized carbons (Fsp3) is 0.235. The molecule has 0 bridgehead atoms. The predicted octanol–water partition coefficient (Wildman–Crippen LogP) is 2.63. The number of aromatic nitrogens is 1. The van der Waals surface area contributed by atoms with E-state index in [2.05, 4.69) is 4.98 Å². The molecular weight excluding hydrogens is 266 g/mol. The van der Waals surface area contributed by atoms with E-state index < -0.39 is 12.4 Å². The fourth-order valence-electron chi connectivity index (χ4n) is 2.11. The van der Waals surface area contributed by atoms with Crippen molar-refractivity contribution in [3.05, 3.63) is 65.5 Å². The van der Waals surface area contributed by atoms with Gasteiger partial charge in [-0.2, -0.15) is 0 Å². The summed E-state index contributed by atoms with van der Waals surface area (Å²) in [4.78, 5) is 27.7. The van der Waals surface area contributed by atoms with E-state index in [0.717, 1.165) is 5.56 Å². The van der Waals surface area contributed by atoms with Crippen LogP contribution < -0.4 is 0 Å². The molecule has 0 aliphatic heterocycles. The zero-order valence-electron chi connectivity index (χ0n) is 11.8. The maximum atomic E-state index is 12.3. The second-order valence-corrected chi connectivity index (χ2v) is 4.93. The Bertz CT molecular complexity index is 637. The van der Waals surface area contributed by atoms with Crippen molar-refractivity contribution in [3.63, 3.8) is 0 Å². The summed E-state index contributed by atoms with van der Waals surface area (Å²) in [5, 5.41) is 8.84. The number of nitrogens with zero attached hydrogens (tertiary/aromatic N) is 1. The Kier molecular flexibility index (Phi) is 4.95. The van der Waals surface area contributed by atoms with Crippen LogP contribution in [0.5, 0.6) is 0 Å². The largest absolute Gasteiger partial charge is 0.388 e. The third kappa shape index (κ3) is 3.83. The van der Waals surface area contributed by atoms with E-state index in [0.29, 0.717) is 6.42 Å². The Labute approximate surface area is 123 Å². The maximum Gasteiger partial charge on any atom is 0.206 e. The summed E-state index contributed by atoms with van der Waals surface area (Å²) in [7, 11) is 0. The molecule has 1 heterocycles. The molecule has 0 aliphatic carbocycles. The Morgan fingerprint density at radius 2 is 1.62 bits per heavy atom. The van der Waals surface area contributed by atoms with Gasteiger partial charge in [0.25, 0.3) is 0 Å². The monoisotopic (exact) mass is 283 g/mol. The highest BCUT2D eigenvalue weighted by atomic mass is 16.3. The van der Waals surface area contributed by atoms with E-state index in [4.69, 9.17) is 5.11 Å². The van der Waals surface area contributed by atoms with Crippen LogP contribution in [0.15, 0.2) is 48.5 Å². The number of aliphatic hydroxyl groups is 1. The molecular formula is C17H17NO3. The second kappa shape index (κ2) is 6.90.